The average Bonchev–Trinajstić information content (AvgIpc) is 2.01. The number of hydrogen-bond donors (Lipinski definition) is 1. The molecule has 0 radical (unpaired) electrons. The lowest BCUT2D eigenvalue weighted by molar-refractivity contribution is -0.00564. The molecule has 3 rings (SSSR count). The molecule has 1 aromatic carbocycles. The van der Waals surface area contributed by atoms with Crippen LogP contribution in [0.1, 0.15) is 30.9 Å². The van der Waals surface area contributed by atoms with E-state index in [1.807, 2.05) is 0 Å². The third-order valence-electron chi connectivity index (χ3n) is 3.75. The first-order valence-electron chi connectivity index (χ1n) is 5.19. The third-order valence-corrected chi connectivity index (χ3v) is 3.75. The molecule has 13 heavy (non-hydrogen) atoms. The van der Waals surface area contributed by atoms with Crippen LogP contribution in [-0.2, 0) is 0 Å². The lowest BCUT2D eigenvalue weighted by atomic mass is 9.58. The lowest BCUT2D eigenvalue weighted by Gasteiger charge is -2.57. The van der Waals surface area contributed by atoms with E-state index in [2.05, 4.69) is 35.6 Å². The summed E-state index contributed by atoms with van der Waals surface area (Å²) < 4.78 is 0. The van der Waals surface area contributed by atoms with E-state index in [4.69, 9.17) is 0 Å². The average molecular weight is 173 g/mol. The largest absolute Gasteiger partial charge is 0.309 e. The molecular weight excluding hydrogens is 158 g/mol. The normalized spacial score (nSPS) is 29.4. The summed E-state index contributed by atoms with van der Waals surface area (Å²) in [6.45, 7) is 1.24. The summed E-state index contributed by atoms with van der Waals surface area (Å²) >= 11 is 0. The van der Waals surface area contributed by atoms with E-state index < -0.39 is 0 Å². The molecule has 1 aromatic rings. The maximum absolute atomic E-state index is 3.55. The second kappa shape index (κ2) is 2.58. The highest BCUT2D eigenvalue weighted by atomic mass is 15.1. The topological polar surface area (TPSA) is 12.0 Å². The highest BCUT2D eigenvalue weighted by Gasteiger charge is 2.50. The zero-order valence-corrected chi connectivity index (χ0v) is 7.79. The molecule has 1 heteroatoms. The molecular formula is C12H15N. The molecule has 1 spiro atoms. The van der Waals surface area contributed by atoms with E-state index in [1.165, 1.54) is 31.4 Å². The molecule has 1 aliphatic carbocycles. The van der Waals surface area contributed by atoms with Gasteiger partial charge in [-0.15, -0.1) is 0 Å². The molecule has 0 bridgehead atoms. The van der Waals surface area contributed by atoms with E-state index in [0.29, 0.717) is 11.5 Å². The predicted octanol–water partition coefficient (Wildman–Crippen LogP) is 2.50. The Bertz CT molecular complexity index is 295. The monoisotopic (exact) mass is 173 g/mol. The molecule has 2 aliphatic rings. The van der Waals surface area contributed by atoms with Crippen molar-refractivity contribution < 1.29 is 0 Å². The Kier molecular flexibility index (Phi) is 1.50. The Morgan fingerprint density at radius 1 is 1.15 bits per heavy atom. The molecule has 0 aromatic heterocycles. The third kappa shape index (κ3) is 0.969. The number of hydrogen-bond acceptors (Lipinski definition) is 1. The van der Waals surface area contributed by atoms with Gasteiger partial charge in [0.05, 0.1) is 0 Å². The first kappa shape index (κ1) is 7.57. The summed E-state index contributed by atoms with van der Waals surface area (Å²) in [6, 6.07) is 11.5. The molecule has 1 saturated carbocycles. The quantitative estimate of drug-likeness (QED) is 0.688. The molecule has 2 fully saturated rings. The second-order valence-electron chi connectivity index (χ2n) is 4.44. The number of rotatable bonds is 1. The van der Waals surface area contributed by atoms with Crippen LogP contribution in [-0.4, -0.2) is 6.54 Å². The van der Waals surface area contributed by atoms with Gasteiger partial charge in [-0.3, -0.25) is 0 Å². The predicted molar refractivity (Wildman–Crippen MR) is 53.5 cm³/mol. The van der Waals surface area contributed by atoms with E-state index >= 15 is 0 Å². The van der Waals surface area contributed by atoms with Crippen LogP contribution in [0.5, 0.6) is 0 Å². The summed E-state index contributed by atoms with van der Waals surface area (Å²) in [5.74, 6) is 0. The van der Waals surface area contributed by atoms with Crippen molar-refractivity contribution in [3.05, 3.63) is 35.9 Å². The van der Waals surface area contributed by atoms with Gasteiger partial charge < -0.3 is 5.32 Å². The summed E-state index contributed by atoms with van der Waals surface area (Å²) in [5.41, 5.74) is 2.13. The highest BCUT2D eigenvalue weighted by Crippen LogP contribution is 2.54. The van der Waals surface area contributed by atoms with E-state index in [-0.39, 0.29) is 0 Å². The van der Waals surface area contributed by atoms with Gasteiger partial charge in [-0.05, 0) is 18.4 Å². The van der Waals surface area contributed by atoms with Crippen LogP contribution in [0.25, 0.3) is 0 Å². The van der Waals surface area contributed by atoms with Crippen LogP contribution < -0.4 is 5.32 Å². The van der Waals surface area contributed by atoms with Crippen LogP contribution in [0.4, 0.5) is 0 Å². The van der Waals surface area contributed by atoms with Crippen LogP contribution >= 0.6 is 0 Å². The van der Waals surface area contributed by atoms with E-state index in [0.717, 1.165) is 0 Å². The van der Waals surface area contributed by atoms with Crippen molar-refractivity contribution in [1.29, 1.82) is 0 Å². The zero-order chi connectivity index (χ0) is 8.73. The molecule has 1 saturated heterocycles. The van der Waals surface area contributed by atoms with E-state index in [9.17, 15) is 0 Å². The van der Waals surface area contributed by atoms with Gasteiger partial charge in [-0.2, -0.15) is 0 Å². The molecule has 1 atom stereocenters. The van der Waals surface area contributed by atoms with Crippen molar-refractivity contribution in [1.82, 2.24) is 5.32 Å². The fourth-order valence-electron chi connectivity index (χ4n) is 2.71. The Morgan fingerprint density at radius 2 is 1.92 bits per heavy atom. The SMILES string of the molecule is c1ccc([C@@H]2NCC23CCC3)cc1. The maximum Gasteiger partial charge on any atom is 0.0389 e. The molecule has 1 heterocycles. The van der Waals surface area contributed by atoms with Crippen LogP contribution in [0.15, 0.2) is 30.3 Å². The summed E-state index contributed by atoms with van der Waals surface area (Å²) in [4.78, 5) is 0. The van der Waals surface area contributed by atoms with Crippen molar-refractivity contribution in [2.45, 2.75) is 25.3 Å². The Labute approximate surface area is 79.2 Å². The minimum atomic E-state index is 0.654. The van der Waals surface area contributed by atoms with Gasteiger partial charge in [0, 0.05) is 18.0 Å². The molecule has 1 nitrogen and oxygen atoms in total. The Balaban J connectivity index is 1.87. The smallest absolute Gasteiger partial charge is 0.0389 e. The molecule has 1 aliphatic heterocycles. The van der Waals surface area contributed by atoms with Crippen LogP contribution in [0.2, 0.25) is 0 Å². The summed E-state index contributed by atoms with van der Waals surface area (Å²) in [6.07, 6.45) is 4.30. The van der Waals surface area contributed by atoms with E-state index in [1.54, 1.807) is 0 Å². The van der Waals surface area contributed by atoms with Crippen LogP contribution in [0.3, 0.4) is 0 Å². The summed E-state index contributed by atoms with van der Waals surface area (Å²) in [5, 5.41) is 3.55. The summed E-state index contributed by atoms with van der Waals surface area (Å²) in [7, 11) is 0. The fourth-order valence-corrected chi connectivity index (χ4v) is 2.71. The van der Waals surface area contributed by atoms with Gasteiger partial charge >= 0.3 is 0 Å². The van der Waals surface area contributed by atoms with Gasteiger partial charge in [-0.1, -0.05) is 36.8 Å². The Hall–Kier alpha value is -0.820. The number of nitrogens with one attached hydrogen (secondary N) is 1. The molecule has 0 amide bonds. The standard InChI is InChI=1S/C12H15N/c1-2-5-10(6-3-1)11-12(9-13-11)7-4-8-12/h1-3,5-6,11,13H,4,7-9H2/t11-/m0/s1. The van der Waals surface area contributed by atoms with Crippen molar-refractivity contribution in [3.8, 4) is 0 Å². The minimum Gasteiger partial charge on any atom is -0.309 e. The van der Waals surface area contributed by atoms with Gasteiger partial charge in [0.25, 0.3) is 0 Å². The van der Waals surface area contributed by atoms with Gasteiger partial charge in [0.2, 0.25) is 0 Å². The first-order chi connectivity index (χ1) is 6.41. The van der Waals surface area contributed by atoms with Crippen molar-refractivity contribution in [2.24, 2.45) is 5.41 Å². The minimum absolute atomic E-state index is 0.654. The van der Waals surface area contributed by atoms with Crippen molar-refractivity contribution in [2.75, 3.05) is 6.54 Å². The van der Waals surface area contributed by atoms with Crippen LogP contribution in [0, 0.1) is 5.41 Å². The fraction of sp³-hybridized carbons (Fsp3) is 0.500. The molecule has 1 N–H and O–H groups in total. The van der Waals surface area contributed by atoms with Crippen molar-refractivity contribution >= 4 is 0 Å². The lowest BCUT2D eigenvalue weighted by Crippen LogP contribution is -2.59. The van der Waals surface area contributed by atoms with Crippen molar-refractivity contribution in [3.63, 3.8) is 0 Å². The van der Waals surface area contributed by atoms with Gasteiger partial charge in [0.15, 0.2) is 0 Å². The maximum atomic E-state index is 3.55. The zero-order valence-electron chi connectivity index (χ0n) is 7.79. The first-order valence-corrected chi connectivity index (χ1v) is 5.19. The molecule has 0 unspecified atom stereocenters. The Morgan fingerprint density at radius 3 is 2.38 bits per heavy atom. The number of benzene rings is 1. The second-order valence-corrected chi connectivity index (χ2v) is 4.44. The van der Waals surface area contributed by atoms with Gasteiger partial charge in [0.1, 0.15) is 0 Å². The highest BCUT2D eigenvalue weighted by molar-refractivity contribution is 5.26. The molecule has 68 valence electrons. The van der Waals surface area contributed by atoms with Gasteiger partial charge in [-0.25, -0.2) is 0 Å².